The Bertz CT molecular complexity index is 755. The van der Waals surface area contributed by atoms with Crippen molar-refractivity contribution in [1.82, 2.24) is 10.6 Å². The van der Waals surface area contributed by atoms with Crippen molar-refractivity contribution in [3.8, 4) is 0 Å². The summed E-state index contributed by atoms with van der Waals surface area (Å²) in [5.41, 5.74) is 5.81. The number of fused-ring (bicyclic) bond motifs is 1. The van der Waals surface area contributed by atoms with E-state index in [0.717, 1.165) is 0 Å². The fraction of sp³-hybridized carbons (Fsp3) is 1.00. The van der Waals surface area contributed by atoms with Crippen LogP contribution in [0.1, 0.15) is 6.42 Å². The van der Waals surface area contributed by atoms with Crippen molar-refractivity contribution in [3.63, 3.8) is 0 Å². The van der Waals surface area contributed by atoms with Gasteiger partial charge in [0.2, 0.25) is 0 Å². The van der Waals surface area contributed by atoms with Gasteiger partial charge in [-0.15, -0.1) is 0 Å². The van der Waals surface area contributed by atoms with E-state index in [-0.39, 0.29) is 0 Å². The van der Waals surface area contributed by atoms with Gasteiger partial charge in [0.05, 0.1) is 31.5 Å². The van der Waals surface area contributed by atoms with Gasteiger partial charge in [-0.25, -0.2) is 0 Å². The summed E-state index contributed by atoms with van der Waals surface area (Å²) in [7, 11) is 3.29. The zero-order valence-corrected chi connectivity index (χ0v) is 20.5. The fourth-order valence-corrected chi connectivity index (χ4v) is 5.48. The summed E-state index contributed by atoms with van der Waals surface area (Å²) in [6.45, 7) is -1.31. The predicted molar refractivity (Wildman–Crippen MR) is 119 cm³/mol. The van der Waals surface area contributed by atoms with Crippen LogP contribution in [0.3, 0.4) is 0 Å². The van der Waals surface area contributed by atoms with Gasteiger partial charge in [0.1, 0.15) is 48.8 Å². The summed E-state index contributed by atoms with van der Waals surface area (Å²) in [4.78, 5) is 0. The summed E-state index contributed by atoms with van der Waals surface area (Å²) in [6.07, 6.45) is -17.2. The number of hydrogen-bond donors (Lipinski definition) is 11. The topological polar surface area (TPSA) is 258 Å². The van der Waals surface area contributed by atoms with E-state index >= 15 is 0 Å². The number of nitrogens with two attached hydrogens (primary N) is 1. The van der Waals surface area contributed by atoms with Crippen molar-refractivity contribution in [2.45, 2.75) is 104 Å². The molecule has 1 saturated carbocycles. The van der Waals surface area contributed by atoms with E-state index in [1.165, 1.54) is 0 Å². The maximum atomic E-state index is 10.9. The summed E-state index contributed by atoms with van der Waals surface area (Å²) in [5.74, 6) is -2.47. The highest BCUT2D eigenvalue weighted by Crippen LogP contribution is 2.45. The van der Waals surface area contributed by atoms with Crippen LogP contribution in [0.15, 0.2) is 0 Å². The molecule has 0 unspecified atom stereocenters. The first-order chi connectivity index (χ1) is 17.5. The summed E-state index contributed by atoms with van der Waals surface area (Å²) < 4.78 is 29.0. The minimum absolute atomic E-state index is 0.389. The Morgan fingerprint density at radius 2 is 1.46 bits per heavy atom. The second-order valence-electron chi connectivity index (χ2n) is 9.95. The molecule has 0 bridgehead atoms. The Kier molecular flexibility index (Phi) is 9.09. The molecule has 0 aromatic carbocycles. The first-order valence-electron chi connectivity index (χ1n) is 12.3. The molecule has 4 rings (SSSR count). The Morgan fingerprint density at radius 3 is 2.00 bits per heavy atom. The quantitative estimate of drug-likeness (QED) is 0.143. The number of hydrogen-bond acceptors (Lipinski definition) is 16. The zero-order chi connectivity index (χ0) is 27.2. The second-order valence-corrected chi connectivity index (χ2v) is 9.95. The molecule has 4 aliphatic rings. The predicted octanol–water partition coefficient (Wildman–Crippen LogP) is -7.01. The number of nitrogens with one attached hydrogen (secondary N) is 2. The largest absolute Gasteiger partial charge is 0.395 e. The van der Waals surface area contributed by atoms with Crippen LogP contribution in [0, 0.1) is 0 Å². The van der Waals surface area contributed by atoms with Crippen LogP contribution in [0.5, 0.6) is 0 Å². The summed E-state index contributed by atoms with van der Waals surface area (Å²) in [5, 5.41) is 89.3. The van der Waals surface area contributed by atoms with Gasteiger partial charge in [0, 0.05) is 12.1 Å². The Morgan fingerprint density at radius 1 is 0.865 bits per heavy atom. The minimum Gasteiger partial charge on any atom is -0.395 e. The van der Waals surface area contributed by atoms with E-state index in [4.69, 9.17) is 29.4 Å². The average molecular weight is 542 g/mol. The molecule has 0 amide bonds. The normalized spacial score (nSPS) is 53.3. The van der Waals surface area contributed by atoms with Crippen LogP contribution in [-0.4, -0.2) is 166 Å². The molecule has 16 nitrogen and oxygen atoms in total. The smallest absolute Gasteiger partial charge is 0.314 e. The highest BCUT2D eigenvalue weighted by atomic mass is 16.9. The molecule has 15 atom stereocenters. The molecule has 3 saturated heterocycles. The summed E-state index contributed by atoms with van der Waals surface area (Å²) >= 11 is 0. The summed E-state index contributed by atoms with van der Waals surface area (Å²) in [6, 6.07) is -2.12. The molecule has 1 spiro atoms. The van der Waals surface area contributed by atoms with Crippen LogP contribution < -0.4 is 16.4 Å². The monoisotopic (exact) mass is 541 g/mol. The maximum absolute atomic E-state index is 10.9. The minimum atomic E-state index is -2.47. The first kappa shape index (κ1) is 29.3. The standard InChI is InChI=1S/C21H39N3O13/c1-23-7-3-8(24-2)11(28)16(10(7)27)34-20-18-17(12(29)9(5-26)33-20)36-21(37-18)19(32)14(31)13(30)15(35-21)6(22)4-25/h6-20,23-32H,3-5,22H2,1-2H3/t6-,7+,8+,9-,10+,11+,12-,13-,14-,15-,17-,18-,19-,20+,21+/m1/s1. The maximum Gasteiger partial charge on any atom is 0.314 e. The molecule has 0 aromatic heterocycles. The Labute approximate surface area is 212 Å². The lowest BCUT2D eigenvalue weighted by molar-refractivity contribution is -0.439. The number of aliphatic hydroxyl groups is 8. The second kappa shape index (κ2) is 11.5. The zero-order valence-electron chi connectivity index (χ0n) is 20.5. The van der Waals surface area contributed by atoms with Crippen molar-refractivity contribution in [2.75, 3.05) is 27.3 Å². The van der Waals surface area contributed by atoms with Crippen molar-refractivity contribution in [3.05, 3.63) is 0 Å². The van der Waals surface area contributed by atoms with Gasteiger partial charge in [0.25, 0.3) is 0 Å². The molecule has 216 valence electrons. The lowest BCUT2D eigenvalue weighted by Gasteiger charge is -2.46. The molecule has 4 fully saturated rings. The third-order valence-corrected chi connectivity index (χ3v) is 7.74. The Hall–Kier alpha value is -0.640. The van der Waals surface area contributed by atoms with E-state index in [1.807, 2.05) is 0 Å². The number of rotatable bonds is 7. The molecule has 16 heteroatoms. The van der Waals surface area contributed by atoms with E-state index in [9.17, 15) is 40.9 Å². The number of likely N-dealkylation sites (N-methyl/N-ethyl adjacent to an activating group) is 2. The lowest BCUT2D eigenvalue weighted by Crippen LogP contribution is -2.69. The van der Waals surface area contributed by atoms with Gasteiger partial charge in [-0.1, -0.05) is 0 Å². The molecule has 0 radical (unpaired) electrons. The number of aliphatic hydroxyl groups excluding tert-OH is 8. The van der Waals surface area contributed by atoms with Gasteiger partial charge in [-0.2, -0.15) is 0 Å². The van der Waals surface area contributed by atoms with Crippen molar-refractivity contribution >= 4 is 0 Å². The van der Waals surface area contributed by atoms with Crippen LogP contribution in [-0.2, 0) is 23.7 Å². The Balaban J connectivity index is 1.63. The van der Waals surface area contributed by atoms with Gasteiger partial charge < -0.3 is 80.9 Å². The van der Waals surface area contributed by atoms with Gasteiger partial charge in [-0.05, 0) is 20.5 Å². The van der Waals surface area contributed by atoms with Crippen molar-refractivity contribution < 1.29 is 64.5 Å². The van der Waals surface area contributed by atoms with Gasteiger partial charge in [-0.3, -0.25) is 0 Å². The van der Waals surface area contributed by atoms with Crippen LogP contribution in [0.4, 0.5) is 0 Å². The fourth-order valence-electron chi connectivity index (χ4n) is 5.48. The van der Waals surface area contributed by atoms with E-state index in [0.29, 0.717) is 6.42 Å². The highest BCUT2D eigenvalue weighted by molar-refractivity contribution is 5.05. The van der Waals surface area contributed by atoms with Crippen LogP contribution in [0.25, 0.3) is 0 Å². The highest BCUT2D eigenvalue weighted by Gasteiger charge is 2.67. The SMILES string of the molecule is CN[C@H]1C[C@H](NC)[C@H](O)C(O[C@@H]2O[C@H](CO)[C@@H](O)[C@H]3O[C@@]4(O[C@@H]23)O[C@H]([C@H](N)CO)[C@H](O)[C@@H](O)[C@H]4O)[C@H]1O. The molecule has 12 N–H and O–H groups in total. The van der Waals surface area contributed by atoms with Crippen LogP contribution in [0.2, 0.25) is 0 Å². The van der Waals surface area contributed by atoms with Crippen LogP contribution >= 0.6 is 0 Å². The molecular formula is C21H39N3O13. The van der Waals surface area contributed by atoms with Crippen molar-refractivity contribution in [2.24, 2.45) is 5.73 Å². The van der Waals surface area contributed by atoms with Crippen molar-refractivity contribution in [1.29, 1.82) is 0 Å². The first-order valence-corrected chi connectivity index (χ1v) is 12.3. The third-order valence-electron chi connectivity index (χ3n) is 7.74. The lowest BCUT2D eigenvalue weighted by atomic mass is 9.83. The van der Waals surface area contributed by atoms with E-state index < -0.39 is 111 Å². The molecule has 0 aromatic rings. The van der Waals surface area contributed by atoms with E-state index in [2.05, 4.69) is 10.6 Å². The molecule has 37 heavy (non-hydrogen) atoms. The number of ether oxygens (including phenoxy) is 5. The molecule has 3 heterocycles. The average Bonchev–Trinajstić information content (AvgIpc) is 3.29. The molecule has 3 aliphatic heterocycles. The molecule has 1 aliphatic carbocycles. The molecular weight excluding hydrogens is 502 g/mol. The van der Waals surface area contributed by atoms with Gasteiger partial charge in [0.15, 0.2) is 12.4 Å². The third kappa shape index (κ3) is 5.04. The van der Waals surface area contributed by atoms with Gasteiger partial charge >= 0.3 is 5.97 Å². The van der Waals surface area contributed by atoms with E-state index in [1.54, 1.807) is 14.1 Å².